The molecular formula is C30H30F2N6O3. The van der Waals surface area contributed by atoms with Gasteiger partial charge in [0.2, 0.25) is 0 Å². The summed E-state index contributed by atoms with van der Waals surface area (Å²) < 4.78 is 36.5. The fourth-order valence-electron chi connectivity index (χ4n) is 5.56. The number of aromatic nitrogens is 2. The monoisotopic (exact) mass is 560 g/mol. The van der Waals surface area contributed by atoms with Gasteiger partial charge in [-0.15, -0.1) is 0 Å². The number of nitrogens with one attached hydrogen (secondary N) is 2. The van der Waals surface area contributed by atoms with Crippen molar-refractivity contribution in [1.82, 2.24) is 19.9 Å². The number of nitrogens with zero attached hydrogens (tertiary/aromatic N) is 4. The number of halogens is 2. The van der Waals surface area contributed by atoms with Crippen LogP contribution in [0, 0.1) is 11.6 Å². The number of allylic oxidation sites excluding steroid dienone is 1. The lowest BCUT2D eigenvalue weighted by Gasteiger charge is -2.31. The first-order valence-corrected chi connectivity index (χ1v) is 13.4. The summed E-state index contributed by atoms with van der Waals surface area (Å²) in [6.45, 7) is 3.57. The van der Waals surface area contributed by atoms with Crippen LogP contribution in [0.5, 0.6) is 11.5 Å². The first-order valence-electron chi connectivity index (χ1n) is 13.4. The Morgan fingerprint density at radius 2 is 1.83 bits per heavy atom. The molecule has 0 saturated carbocycles. The second kappa shape index (κ2) is 10.8. The number of aliphatic hydroxyl groups is 1. The number of aliphatic hydroxyl groups excluding tert-OH is 1. The van der Waals surface area contributed by atoms with Crippen LogP contribution >= 0.6 is 0 Å². The summed E-state index contributed by atoms with van der Waals surface area (Å²) in [6.07, 6.45) is 4.17. The number of amides is 1. The van der Waals surface area contributed by atoms with E-state index < -0.39 is 23.8 Å². The van der Waals surface area contributed by atoms with E-state index in [1.165, 1.54) is 41.4 Å². The molecule has 0 radical (unpaired) electrons. The molecule has 41 heavy (non-hydrogen) atoms. The lowest BCUT2D eigenvalue weighted by atomic mass is 9.91. The van der Waals surface area contributed by atoms with Gasteiger partial charge in [0.15, 0.2) is 23.5 Å². The Kier molecular flexibility index (Phi) is 7.06. The molecule has 2 aromatic heterocycles. The summed E-state index contributed by atoms with van der Waals surface area (Å²) in [4.78, 5) is 13.2. The third-order valence-electron chi connectivity index (χ3n) is 7.76. The standard InChI is InChI=1S/C30H30F2N6O3/c1-18-27(30(40)38(36(18)2)22-6-3-20(31)4-7-22)29(39)35-21-5-8-25(24(32)17-21)41-26-11-15-34-37-16-12-23(28(26)37)19-9-13-33-14-10-19/h3-8,11-12,15-17,19,30,33,40H,9-10,13-14H2,1-2H3,(H,35,39). The molecule has 1 amide bonds. The summed E-state index contributed by atoms with van der Waals surface area (Å²) in [5, 5.41) is 24.5. The quantitative estimate of drug-likeness (QED) is 0.313. The van der Waals surface area contributed by atoms with Crippen LogP contribution in [0.25, 0.3) is 5.52 Å². The number of fused-ring (bicyclic) bond motifs is 1. The Morgan fingerprint density at radius 3 is 2.56 bits per heavy atom. The number of rotatable bonds is 6. The van der Waals surface area contributed by atoms with Gasteiger partial charge in [0.1, 0.15) is 11.3 Å². The van der Waals surface area contributed by atoms with Gasteiger partial charge in [0.25, 0.3) is 5.91 Å². The fraction of sp³-hybridized carbons (Fsp3) is 0.267. The number of ether oxygens (including phenoxy) is 1. The molecule has 4 heterocycles. The lowest BCUT2D eigenvalue weighted by Crippen LogP contribution is -2.41. The van der Waals surface area contributed by atoms with Gasteiger partial charge in [-0.1, -0.05) is 0 Å². The Balaban J connectivity index is 1.20. The molecule has 2 aromatic carbocycles. The molecule has 212 valence electrons. The number of anilines is 2. The van der Waals surface area contributed by atoms with Crippen molar-refractivity contribution in [2.24, 2.45) is 0 Å². The molecule has 0 bridgehead atoms. The van der Waals surface area contributed by atoms with Gasteiger partial charge in [0, 0.05) is 36.8 Å². The zero-order chi connectivity index (χ0) is 28.7. The minimum atomic E-state index is -1.32. The molecule has 0 aliphatic carbocycles. The Labute approximate surface area is 235 Å². The molecule has 11 heteroatoms. The number of piperidine rings is 1. The van der Waals surface area contributed by atoms with Crippen LogP contribution in [0.1, 0.15) is 31.2 Å². The summed E-state index contributed by atoms with van der Waals surface area (Å²) in [6, 6.07) is 13.5. The van der Waals surface area contributed by atoms with Crippen molar-refractivity contribution >= 4 is 22.8 Å². The molecule has 1 fully saturated rings. The van der Waals surface area contributed by atoms with Crippen LogP contribution in [0.2, 0.25) is 0 Å². The summed E-state index contributed by atoms with van der Waals surface area (Å²) in [5.74, 6) is -0.797. The van der Waals surface area contributed by atoms with Crippen LogP contribution in [0.3, 0.4) is 0 Å². The zero-order valence-electron chi connectivity index (χ0n) is 22.6. The Bertz CT molecular complexity index is 1630. The number of benzene rings is 2. The van der Waals surface area contributed by atoms with Crippen LogP contribution in [0.4, 0.5) is 20.2 Å². The summed E-state index contributed by atoms with van der Waals surface area (Å²) in [7, 11) is 1.69. The highest BCUT2D eigenvalue weighted by molar-refractivity contribution is 6.05. The van der Waals surface area contributed by atoms with Gasteiger partial charge >= 0.3 is 0 Å². The maximum Gasteiger partial charge on any atom is 0.258 e. The van der Waals surface area contributed by atoms with Crippen LogP contribution in [-0.2, 0) is 4.79 Å². The molecular weight excluding hydrogens is 530 g/mol. The Morgan fingerprint density at radius 1 is 1.07 bits per heavy atom. The number of hydrogen-bond donors (Lipinski definition) is 3. The lowest BCUT2D eigenvalue weighted by molar-refractivity contribution is -0.113. The third kappa shape index (κ3) is 4.98. The molecule has 1 unspecified atom stereocenters. The van der Waals surface area contributed by atoms with Crippen LogP contribution in [-0.4, -0.2) is 52.0 Å². The predicted octanol–water partition coefficient (Wildman–Crippen LogP) is 4.77. The molecule has 2 aliphatic rings. The molecule has 6 rings (SSSR count). The zero-order valence-corrected chi connectivity index (χ0v) is 22.6. The maximum absolute atomic E-state index is 15.3. The van der Waals surface area contributed by atoms with Gasteiger partial charge in [-0.3, -0.25) is 14.8 Å². The highest BCUT2D eigenvalue weighted by Gasteiger charge is 2.38. The van der Waals surface area contributed by atoms with E-state index in [-0.39, 0.29) is 17.0 Å². The molecule has 4 aromatic rings. The molecule has 2 aliphatic heterocycles. The Hall–Kier alpha value is -4.48. The van der Waals surface area contributed by atoms with Crippen molar-refractivity contribution in [3.63, 3.8) is 0 Å². The number of hydrazine groups is 1. The van der Waals surface area contributed by atoms with Crippen molar-refractivity contribution in [3.8, 4) is 11.5 Å². The average Bonchev–Trinajstić information content (AvgIpc) is 3.50. The third-order valence-corrected chi connectivity index (χ3v) is 7.76. The van der Waals surface area contributed by atoms with Gasteiger partial charge in [0.05, 0.1) is 17.5 Å². The normalized spacial score (nSPS) is 17.9. The summed E-state index contributed by atoms with van der Waals surface area (Å²) in [5.41, 5.74) is 3.23. The van der Waals surface area contributed by atoms with E-state index in [0.717, 1.165) is 37.0 Å². The van der Waals surface area contributed by atoms with Crippen LogP contribution < -0.4 is 20.4 Å². The van der Waals surface area contributed by atoms with E-state index >= 15 is 4.39 Å². The first kappa shape index (κ1) is 26.7. The van der Waals surface area contributed by atoms with Gasteiger partial charge in [-0.05, 0) is 86.8 Å². The van der Waals surface area contributed by atoms with Crippen molar-refractivity contribution in [2.45, 2.75) is 31.9 Å². The average molecular weight is 561 g/mol. The van der Waals surface area contributed by atoms with Crippen molar-refractivity contribution in [2.75, 3.05) is 30.5 Å². The second-order valence-electron chi connectivity index (χ2n) is 10.2. The highest BCUT2D eigenvalue weighted by atomic mass is 19.1. The largest absolute Gasteiger partial charge is 0.452 e. The minimum absolute atomic E-state index is 0.00655. The van der Waals surface area contributed by atoms with E-state index in [4.69, 9.17) is 4.74 Å². The highest BCUT2D eigenvalue weighted by Crippen LogP contribution is 2.37. The van der Waals surface area contributed by atoms with Gasteiger partial charge in [-0.2, -0.15) is 5.10 Å². The fourth-order valence-corrected chi connectivity index (χ4v) is 5.56. The SMILES string of the molecule is CC1=C(C(=O)Nc2ccc(Oc3ccnn4ccc(C5CCNCC5)c34)c(F)c2)C(O)N(c2ccc(F)cc2)N1C. The van der Waals surface area contributed by atoms with E-state index in [1.807, 2.05) is 12.3 Å². The van der Waals surface area contributed by atoms with Gasteiger partial charge < -0.3 is 20.5 Å². The van der Waals surface area contributed by atoms with Crippen LogP contribution in [0.15, 0.2) is 78.3 Å². The predicted molar refractivity (Wildman–Crippen MR) is 150 cm³/mol. The molecule has 9 nitrogen and oxygen atoms in total. The van der Waals surface area contributed by atoms with Crippen molar-refractivity contribution in [3.05, 3.63) is 95.5 Å². The topological polar surface area (TPSA) is 94.4 Å². The smallest absolute Gasteiger partial charge is 0.258 e. The molecule has 1 saturated heterocycles. The molecule has 0 spiro atoms. The van der Waals surface area contributed by atoms with E-state index in [2.05, 4.69) is 15.7 Å². The number of carbonyl (C=O) groups excluding carboxylic acids is 1. The van der Waals surface area contributed by atoms with Gasteiger partial charge in [-0.25, -0.2) is 13.3 Å². The maximum atomic E-state index is 15.3. The molecule has 3 N–H and O–H groups in total. The second-order valence-corrected chi connectivity index (χ2v) is 10.2. The van der Waals surface area contributed by atoms with E-state index in [9.17, 15) is 14.3 Å². The van der Waals surface area contributed by atoms with Crippen molar-refractivity contribution in [1.29, 1.82) is 0 Å². The number of hydrogen-bond acceptors (Lipinski definition) is 7. The van der Waals surface area contributed by atoms with Crippen molar-refractivity contribution < 1.29 is 23.4 Å². The summed E-state index contributed by atoms with van der Waals surface area (Å²) >= 11 is 0. The van der Waals surface area contributed by atoms with E-state index in [1.54, 1.807) is 41.8 Å². The molecule has 1 atom stereocenters. The minimum Gasteiger partial charge on any atom is -0.452 e. The first-order chi connectivity index (χ1) is 19.8. The van der Waals surface area contributed by atoms with E-state index in [0.29, 0.717) is 23.1 Å². The number of carbonyl (C=O) groups is 1.